The summed E-state index contributed by atoms with van der Waals surface area (Å²) in [4.78, 5) is 11.7. The number of carbonyl (C=O) groups is 1. The number of nitrogens with one attached hydrogen (secondary N) is 2. The van der Waals surface area contributed by atoms with E-state index in [-0.39, 0.29) is 24.7 Å². The Morgan fingerprint density at radius 2 is 1.94 bits per heavy atom. The van der Waals surface area contributed by atoms with Gasteiger partial charge in [0, 0.05) is 0 Å². The number of hydrogen-bond acceptors (Lipinski definition) is 2. The molecular formula is C14H22N2O2. The molecule has 0 aliphatic heterocycles. The molecule has 0 heterocycles. The Hall–Kier alpha value is -1.55. The zero-order valence-corrected chi connectivity index (χ0v) is 11.4. The molecule has 4 nitrogen and oxygen atoms in total. The first-order chi connectivity index (χ1) is 8.45. The Morgan fingerprint density at radius 1 is 1.28 bits per heavy atom. The van der Waals surface area contributed by atoms with Gasteiger partial charge in [-0.1, -0.05) is 18.2 Å². The van der Waals surface area contributed by atoms with Gasteiger partial charge in [0.2, 0.25) is 0 Å². The van der Waals surface area contributed by atoms with Gasteiger partial charge in [-0.05, 0) is 44.4 Å². The van der Waals surface area contributed by atoms with Crippen LogP contribution < -0.4 is 10.6 Å². The lowest BCUT2D eigenvalue weighted by Crippen LogP contribution is -2.43. The second kappa shape index (κ2) is 6.40. The molecule has 0 fully saturated rings. The maximum absolute atomic E-state index is 11.7. The van der Waals surface area contributed by atoms with Gasteiger partial charge in [-0.25, -0.2) is 4.79 Å². The molecule has 0 saturated carbocycles. The second-order valence-electron chi connectivity index (χ2n) is 4.71. The average Bonchev–Trinajstić information content (AvgIpc) is 2.32. The molecule has 3 N–H and O–H groups in total. The van der Waals surface area contributed by atoms with Gasteiger partial charge in [-0.3, -0.25) is 0 Å². The summed E-state index contributed by atoms with van der Waals surface area (Å²) in [7, 11) is 0. The maximum atomic E-state index is 11.7. The third kappa shape index (κ3) is 3.74. The Bertz CT molecular complexity index is 418. The van der Waals surface area contributed by atoms with Crippen molar-refractivity contribution in [2.24, 2.45) is 0 Å². The number of aliphatic hydroxyl groups excluding tert-OH is 1. The predicted octanol–water partition coefficient (Wildman–Crippen LogP) is 2.04. The molecule has 2 amide bonds. The zero-order valence-electron chi connectivity index (χ0n) is 11.4. The normalized spacial score (nSPS) is 13.8. The van der Waals surface area contributed by atoms with Gasteiger partial charge < -0.3 is 15.7 Å². The summed E-state index contributed by atoms with van der Waals surface area (Å²) < 4.78 is 0. The third-order valence-electron chi connectivity index (χ3n) is 3.11. The van der Waals surface area contributed by atoms with Crippen LogP contribution in [0.3, 0.4) is 0 Å². The smallest absolute Gasteiger partial charge is 0.315 e. The molecule has 0 saturated heterocycles. The van der Waals surface area contributed by atoms with Crippen molar-refractivity contribution >= 4 is 6.03 Å². The van der Waals surface area contributed by atoms with Gasteiger partial charge >= 0.3 is 6.03 Å². The Kier molecular flexibility index (Phi) is 5.16. The molecule has 1 aromatic carbocycles. The summed E-state index contributed by atoms with van der Waals surface area (Å²) in [6.45, 7) is 7.75. The van der Waals surface area contributed by atoms with E-state index in [1.165, 1.54) is 11.1 Å². The minimum Gasteiger partial charge on any atom is -0.394 e. The Morgan fingerprint density at radius 3 is 2.56 bits per heavy atom. The van der Waals surface area contributed by atoms with Crippen LogP contribution in [0.2, 0.25) is 0 Å². The summed E-state index contributed by atoms with van der Waals surface area (Å²) in [5.74, 6) is 0. The van der Waals surface area contributed by atoms with Crippen LogP contribution in [0.25, 0.3) is 0 Å². The molecule has 1 rings (SSSR count). The van der Waals surface area contributed by atoms with Crippen LogP contribution >= 0.6 is 0 Å². The van der Waals surface area contributed by atoms with Crippen LogP contribution in [0.15, 0.2) is 18.2 Å². The van der Waals surface area contributed by atoms with Crippen molar-refractivity contribution in [1.82, 2.24) is 10.6 Å². The van der Waals surface area contributed by atoms with E-state index in [9.17, 15) is 4.79 Å². The zero-order chi connectivity index (χ0) is 13.7. The summed E-state index contributed by atoms with van der Waals surface area (Å²) in [5, 5.41) is 14.4. The van der Waals surface area contributed by atoms with Crippen molar-refractivity contribution in [2.45, 2.75) is 39.8 Å². The van der Waals surface area contributed by atoms with Crippen LogP contribution in [0.4, 0.5) is 4.79 Å². The van der Waals surface area contributed by atoms with E-state index in [1.54, 1.807) is 6.92 Å². The maximum Gasteiger partial charge on any atom is 0.315 e. The first-order valence-corrected chi connectivity index (χ1v) is 6.19. The number of amides is 2. The Balaban J connectivity index is 2.68. The molecule has 0 unspecified atom stereocenters. The highest BCUT2D eigenvalue weighted by Crippen LogP contribution is 2.19. The van der Waals surface area contributed by atoms with Gasteiger partial charge in [-0.15, -0.1) is 0 Å². The van der Waals surface area contributed by atoms with E-state index in [1.807, 2.05) is 19.1 Å². The lowest BCUT2D eigenvalue weighted by atomic mass is 9.98. The van der Waals surface area contributed by atoms with Crippen molar-refractivity contribution < 1.29 is 9.90 Å². The van der Waals surface area contributed by atoms with Crippen LogP contribution in [-0.4, -0.2) is 23.8 Å². The average molecular weight is 250 g/mol. The van der Waals surface area contributed by atoms with Crippen LogP contribution in [-0.2, 0) is 0 Å². The van der Waals surface area contributed by atoms with Gasteiger partial charge in [0.25, 0.3) is 0 Å². The summed E-state index contributed by atoms with van der Waals surface area (Å²) >= 11 is 0. The minimum atomic E-state index is -0.259. The van der Waals surface area contributed by atoms with Crippen LogP contribution in [0.1, 0.15) is 36.6 Å². The molecule has 0 bridgehead atoms. The van der Waals surface area contributed by atoms with E-state index >= 15 is 0 Å². The molecule has 1 aromatic rings. The van der Waals surface area contributed by atoms with E-state index < -0.39 is 0 Å². The van der Waals surface area contributed by atoms with E-state index in [0.29, 0.717) is 0 Å². The standard InChI is InChI=1S/C14H22N2O2/c1-9-6-5-7-13(11(9)3)12(4)16-14(18)15-10(2)8-17/h5-7,10,12,17H,8H2,1-4H3,(H2,15,16,18)/t10-,12-/m1/s1. The molecule has 0 aliphatic rings. The van der Waals surface area contributed by atoms with Gasteiger partial charge in [0.15, 0.2) is 0 Å². The minimum absolute atomic E-state index is 0.0595. The lowest BCUT2D eigenvalue weighted by molar-refractivity contribution is 0.218. The highest BCUT2D eigenvalue weighted by Gasteiger charge is 2.13. The summed E-state index contributed by atoms with van der Waals surface area (Å²) in [6.07, 6.45) is 0. The largest absolute Gasteiger partial charge is 0.394 e. The first kappa shape index (κ1) is 14.5. The number of benzene rings is 1. The number of carbonyl (C=O) groups excluding carboxylic acids is 1. The predicted molar refractivity (Wildman–Crippen MR) is 72.5 cm³/mol. The quantitative estimate of drug-likeness (QED) is 0.766. The van der Waals surface area contributed by atoms with E-state index in [2.05, 4.69) is 30.5 Å². The molecule has 100 valence electrons. The number of hydrogen-bond donors (Lipinski definition) is 3. The van der Waals surface area contributed by atoms with Crippen molar-refractivity contribution in [1.29, 1.82) is 0 Å². The van der Waals surface area contributed by atoms with Crippen molar-refractivity contribution in [3.63, 3.8) is 0 Å². The van der Waals surface area contributed by atoms with Gasteiger partial charge in [0.1, 0.15) is 0 Å². The fourth-order valence-corrected chi connectivity index (χ4v) is 1.83. The summed E-state index contributed by atoms with van der Waals surface area (Å²) in [6, 6.07) is 5.50. The topological polar surface area (TPSA) is 61.4 Å². The van der Waals surface area contributed by atoms with Crippen molar-refractivity contribution in [2.75, 3.05) is 6.61 Å². The number of aryl methyl sites for hydroxylation is 1. The SMILES string of the molecule is Cc1cccc([C@@H](C)NC(=O)N[C@H](C)CO)c1C. The van der Waals surface area contributed by atoms with E-state index in [0.717, 1.165) is 5.56 Å². The van der Waals surface area contributed by atoms with Gasteiger partial charge in [-0.2, -0.15) is 0 Å². The van der Waals surface area contributed by atoms with E-state index in [4.69, 9.17) is 5.11 Å². The lowest BCUT2D eigenvalue weighted by Gasteiger charge is -2.19. The number of aliphatic hydroxyl groups is 1. The monoisotopic (exact) mass is 250 g/mol. The van der Waals surface area contributed by atoms with Gasteiger partial charge in [0.05, 0.1) is 18.7 Å². The molecule has 2 atom stereocenters. The van der Waals surface area contributed by atoms with Crippen LogP contribution in [0, 0.1) is 13.8 Å². The fourth-order valence-electron chi connectivity index (χ4n) is 1.83. The van der Waals surface area contributed by atoms with Crippen molar-refractivity contribution in [3.05, 3.63) is 34.9 Å². The first-order valence-electron chi connectivity index (χ1n) is 6.19. The molecule has 0 aromatic heterocycles. The number of rotatable bonds is 4. The molecule has 0 radical (unpaired) electrons. The highest BCUT2D eigenvalue weighted by molar-refractivity contribution is 5.74. The Labute approximate surface area is 108 Å². The molecule has 0 aliphatic carbocycles. The fraction of sp³-hybridized carbons (Fsp3) is 0.500. The summed E-state index contributed by atoms with van der Waals surface area (Å²) in [5.41, 5.74) is 3.52. The molecule has 18 heavy (non-hydrogen) atoms. The molecular weight excluding hydrogens is 228 g/mol. The number of urea groups is 1. The molecule has 4 heteroatoms. The highest BCUT2D eigenvalue weighted by atomic mass is 16.3. The molecule has 0 spiro atoms. The van der Waals surface area contributed by atoms with Crippen molar-refractivity contribution in [3.8, 4) is 0 Å². The third-order valence-corrected chi connectivity index (χ3v) is 3.11. The van der Waals surface area contributed by atoms with Crippen LogP contribution in [0.5, 0.6) is 0 Å². The second-order valence-corrected chi connectivity index (χ2v) is 4.71.